The van der Waals surface area contributed by atoms with Gasteiger partial charge in [0, 0.05) is 22.9 Å². The van der Waals surface area contributed by atoms with E-state index in [4.69, 9.17) is 4.98 Å². The first-order valence-corrected chi connectivity index (χ1v) is 9.55. The highest BCUT2D eigenvalue weighted by atomic mass is 16.3. The minimum absolute atomic E-state index is 0.0647. The van der Waals surface area contributed by atoms with Crippen LogP contribution in [0, 0.1) is 6.07 Å². The monoisotopic (exact) mass is 389 g/mol. The average Bonchev–Trinajstić information content (AvgIpc) is 2.81. The molecule has 0 spiro atoms. The maximum atomic E-state index is 10.5. The minimum Gasteiger partial charge on any atom is -0.508 e. The fourth-order valence-corrected chi connectivity index (χ4v) is 3.60. The number of fused-ring (bicyclic) bond motifs is 1. The Morgan fingerprint density at radius 2 is 1.40 bits per heavy atom. The normalized spacial score (nSPS) is 10.9. The summed E-state index contributed by atoms with van der Waals surface area (Å²) >= 11 is 0. The smallest absolute Gasteiger partial charge is 0.220 e. The van der Waals surface area contributed by atoms with Gasteiger partial charge in [-0.3, -0.25) is 0 Å². The van der Waals surface area contributed by atoms with Gasteiger partial charge in [-0.05, 0) is 35.4 Å². The second-order valence-corrected chi connectivity index (χ2v) is 6.98. The molecule has 5 rings (SSSR count). The SMILES string of the molecule is Oc1ccc(-c2cnc(O)c3cc(-c4ccccc4)c(-c4cc[c]cc4)nc23)cc1. The Morgan fingerprint density at radius 1 is 0.700 bits per heavy atom. The second kappa shape index (κ2) is 7.33. The molecule has 4 nitrogen and oxygen atoms in total. The lowest BCUT2D eigenvalue weighted by Crippen LogP contribution is -1.95. The molecule has 0 amide bonds. The highest BCUT2D eigenvalue weighted by molar-refractivity contribution is 6.00. The summed E-state index contributed by atoms with van der Waals surface area (Å²) in [6.07, 6.45) is 1.61. The van der Waals surface area contributed by atoms with Crippen LogP contribution >= 0.6 is 0 Å². The molecule has 0 atom stereocenters. The molecule has 2 heterocycles. The van der Waals surface area contributed by atoms with E-state index in [1.807, 2.05) is 72.8 Å². The number of benzene rings is 3. The van der Waals surface area contributed by atoms with Crippen LogP contribution in [0.3, 0.4) is 0 Å². The quantitative estimate of drug-likeness (QED) is 0.407. The molecule has 4 heteroatoms. The lowest BCUT2D eigenvalue weighted by atomic mass is 9.96. The number of phenolic OH excluding ortho intramolecular Hbond substituents is 1. The maximum Gasteiger partial charge on any atom is 0.220 e. The van der Waals surface area contributed by atoms with Gasteiger partial charge in [0.25, 0.3) is 0 Å². The summed E-state index contributed by atoms with van der Waals surface area (Å²) in [7, 11) is 0. The van der Waals surface area contributed by atoms with Crippen LogP contribution in [0.4, 0.5) is 0 Å². The van der Waals surface area contributed by atoms with E-state index in [2.05, 4.69) is 11.1 Å². The van der Waals surface area contributed by atoms with Gasteiger partial charge in [0.2, 0.25) is 5.88 Å². The number of hydrogen-bond acceptors (Lipinski definition) is 4. The summed E-state index contributed by atoms with van der Waals surface area (Å²) in [5, 5.41) is 20.7. The molecule has 0 fully saturated rings. The summed E-state index contributed by atoms with van der Waals surface area (Å²) in [5.41, 5.74) is 5.98. The van der Waals surface area contributed by atoms with Gasteiger partial charge in [0.15, 0.2) is 0 Å². The maximum absolute atomic E-state index is 10.5. The van der Waals surface area contributed by atoms with Crippen molar-refractivity contribution in [1.29, 1.82) is 0 Å². The molecule has 0 aliphatic rings. The molecular weight excluding hydrogens is 372 g/mol. The first-order valence-electron chi connectivity index (χ1n) is 9.55. The number of aromatic hydroxyl groups is 2. The minimum atomic E-state index is -0.0647. The molecule has 0 unspecified atom stereocenters. The van der Waals surface area contributed by atoms with Gasteiger partial charge < -0.3 is 10.2 Å². The molecule has 3 aromatic carbocycles. The average molecular weight is 389 g/mol. The second-order valence-electron chi connectivity index (χ2n) is 6.98. The van der Waals surface area contributed by atoms with Crippen LogP contribution in [0.25, 0.3) is 44.4 Å². The van der Waals surface area contributed by atoms with Crippen molar-refractivity contribution < 1.29 is 10.2 Å². The van der Waals surface area contributed by atoms with E-state index in [-0.39, 0.29) is 11.6 Å². The summed E-state index contributed by atoms with van der Waals surface area (Å²) in [6.45, 7) is 0. The zero-order valence-electron chi connectivity index (χ0n) is 15.9. The zero-order chi connectivity index (χ0) is 20.5. The standard InChI is InChI=1S/C26H17N2O2/c29-20-13-11-18(12-14-20)23-16-27-26(30)22-15-21(17-7-3-1-4-8-17)24(28-25(22)23)19-9-5-2-6-10-19/h1,3-16,29H,(H,27,30). The van der Waals surface area contributed by atoms with Crippen molar-refractivity contribution in [3.05, 3.63) is 97.2 Å². The van der Waals surface area contributed by atoms with Crippen LogP contribution in [0.5, 0.6) is 11.6 Å². The number of hydrogen-bond donors (Lipinski definition) is 2. The van der Waals surface area contributed by atoms with Crippen LogP contribution in [0.2, 0.25) is 0 Å². The number of pyridine rings is 2. The van der Waals surface area contributed by atoms with Crippen molar-refractivity contribution in [3.63, 3.8) is 0 Å². The van der Waals surface area contributed by atoms with E-state index in [0.717, 1.165) is 33.5 Å². The molecular formula is C26H17N2O2. The van der Waals surface area contributed by atoms with E-state index < -0.39 is 0 Å². The van der Waals surface area contributed by atoms with Crippen LogP contribution in [-0.2, 0) is 0 Å². The molecule has 1 radical (unpaired) electrons. The highest BCUT2D eigenvalue weighted by Crippen LogP contribution is 2.38. The van der Waals surface area contributed by atoms with Crippen molar-refractivity contribution in [2.75, 3.05) is 0 Å². The van der Waals surface area contributed by atoms with Gasteiger partial charge in [-0.15, -0.1) is 0 Å². The van der Waals surface area contributed by atoms with E-state index in [9.17, 15) is 10.2 Å². The summed E-state index contributed by atoms with van der Waals surface area (Å²) < 4.78 is 0. The zero-order valence-corrected chi connectivity index (χ0v) is 15.9. The van der Waals surface area contributed by atoms with Crippen molar-refractivity contribution in [1.82, 2.24) is 9.97 Å². The lowest BCUT2D eigenvalue weighted by Gasteiger charge is -2.14. The number of rotatable bonds is 3. The van der Waals surface area contributed by atoms with Gasteiger partial charge in [0.1, 0.15) is 5.75 Å². The Labute approximate surface area is 173 Å². The summed E-state index contributed by atoms with van der Waals surface area (Å²) in [5.74, 6) is 0.125. The Hall–Kier alpha value is -4.18. The van der Waals surface area contributed by atoms with Gasteiger partial charge in [-0.1, -0.05) is 66.7 Å². The van der Waals surface area contributed by atoms with E-state index in [1.165, 1.54) is 0 Å². The Kier molecular flexibility index (Phi) is 4.37. The van der Waals surface area contributed by atoms with Gasteiger partial charge in [-0.2, -0.15) is 0 Å². The molecule has 0 aliphatic carbocycles. The molecule has 0 saturated heterocycles. The molecule has 0 saturated carbocycles. The molecule has 0 aliphatic heterocycles. The Morgan fingerprint density at radius 3 is 2.13 bits per heavy atom. The van der Waals surface area contributed by atoms with Crippen LogP contribution in [0.1, 0.15) is 0 Å². The predicted molar refractivity (Wildman–Crippen MR) is 118 cm³/mol. The fraction of sp³-hybridized carbons (Fsp3) is 0. The topological polar surface area (TPSA) is 66.2 Å². The lowest BCUT2D eigenvalue weighted by molar-refractivity contribution is 0.460. The first-order chi connectivity index (χ1) is 14.7. The van der Waals surface area contributed by atoms with Crippen LogP contribution in [0.15, 0.2) is 91.1 Å². The third kappa shape index (κ3) is 3.14. The predicted octanol–water partition coefficient (Wildman–Crippen LogP) is 5.84. The van der Waals surface area contributed by atoms with E-state index in [1.54, 1.807) is 18.3 Å². The van der Waals surface area contributed by atoms with Crippen molar-refractivity contribution in [2.24, 2.45) is 0 Å². The number of phenols is 1. The van der Waals surface area contributed by atoms with E-state index >= 15 is 0 Å². The molecule has 2 aromatic heterocycles. The molecule has 30 heavy (non-hydrogen) atoms. The molecule has 5 aromatic rings. The Balaban J connectivity index is 1.85. The van der Waals surface area contributed by atoms with Crippen molar-refractivity contribution in [3.8, 4) is 45.1 Å². The van der Waals surface area contributed by atoms with Crippen LogP contribution < -0.4 is 0 Å². The first kappa shape index (κ1) is 17.9. The highest BCUT2D eigenvalue weighted by Gasteiger charge is 2.17. The largest absolute Gasteiger partial charge is 0.508 e. The molecule has 0 bridgehead atoms. The van der Waals surface area contributed by atoms with Gasteiger partial charge >= 0.3 is 0 Å². The van der Waals surface area contributed by atoms with Crippen molar-refractivity contribution in [2.45, 2.75) is 0 Å². The molecule has 143 valence electrons. The third-order valence-corrected chi connectivity index (χ3v) is 5.09. The van der Waals surface area contributed by atoms with Crippen molar-refractivity contribution >= 4 is 10.9 Å². The van der Waals surface area contributed by atoms with Gasteiger partial charge in [0.05, 0.1) is 16.6 Å². The number of nitrogens with zero attached hydrogens (tertiary/aromatic N) is 2. The van der Waals surface area contributed by atoms with Crippen LogP contribution in [-0.4, -0.2) is 20.2 Å². The summed E-state index contributed by atoms with van der Waals surface area (Å²) in [6, 6.07) is 29.5. The number of aromatic nitrogens is 2. The Bertz CT molecular complexity index is 1330. The third-order valence-electron chi connectivity index (χ3n) is 5.09. The summed E-state index contributed by atoms with van der Waals surface area (Å²) in [4.78, 5) is 9.20. The van der Waals surface area contributed by atoms with Gasteiger partial charge in [-0.25, -0.2) is 9.97 Å². The van der Waals surface area contributed by atoms with E-state index in [0.29, 0.717) is 10.9 Å². The molecule has 2 N–H and O–H groups in total. The fourth-order valence-electron chi connectivity index (χ4n) is 3.60.